The third-order valence-corrected chi connectivity index (χ3v) is 4.84. The second kappa shape index (κ2) is 4.93. The maximum Gasteiger partial charge on any atom is 0.335 e. The van der Waals surface area contributed by atoms with Crippen LogP contribution in [0.15, 0.2) is 18.3 Å². The first-order valence-electron chi connectivity index (χ1n) is 5.70. The van der Waals surface area contributed by atoms with Gasteiger partial charge < -0.3 is 5.11 Å². The van der Waals surface area contributed by atoms with Crippen LogP contribution in [0.4, 0.5) is 5.82 Å². The number of pyridine rings is 1. The lowest BCUT2D eigenvalue weighted by molar-refractivity contribution is 0.0697. The Labute approximate surface area is 105 Å². The van der Waals surface area contributed by atoms with Gasteiger partial charge in [0.2, 0.25) is 10.0 Å². The van der Waals surface area contributed by atoms with Crippen LogP contribution in [0.1, 0.15) is 36.0 Å². The minimum absolute atomic E-state index is 0.00845. The van der Waals surface area contributed by atoms with E-state index in [9.17, 15) is 13.2 Å². The second-order valence-corrected chi connectivity index (χ2v) is 6.25. The van der Waals surface area contributed by atoms with Crippen molar-refractivity contribution in [1.29, 1.82) is 0 Å². The topological polar surface area (TPSA) is 96.4 Å². The Morgan fingerprint density at radius 3 is 2.67 bits per heavy atom. The van der Waals surface area contributed by atoms with E-state index in [1.807, 2.05) is 0 Å². The van der Waals surface area contributed by atoms with Crippen molar-refractivity contribution in [3.8, 4) is 0 Å². The summed E-state index contributed by atoms with van der Waals surface area (Å²) < 4.78 is 26.3. The van der Waals surface area contributed by atoms with Gasteiger partial charge in [0.15, 0.2) is 0 Å². The summed E-state index contributed by atoms with van der Waals surface area (Å²) in [7, 11) is -3.46. The number of aromatic carboxylic acids is 1. The predicted octanol–water partition coefficient (Wildman–Crippen LogP) is 1.46. The monoisotopic (exact) mass is 270 g/mol. The van der Waals surface area contributed by atoms with Gasteiger partial charge in [-0.1, -0.05) is 12.8 Å². The van der Waals surface area contributed by atoms with Gasteiger partial charge in [-0.25, -0.2) is 18.2 Å². The molecule has 18 heavy (non-hydrogen) atoms. The molecule has 1 heterocycles. The van der Waals surface area contributed by atoms with Gasteiger partial charge in [-0.05, 0) is 25.0 Å². The van der Waals surface area contributed by atoms with Crippen LogP contribution in [-0.4, -0.2) is 29.7 Å². The molecule has 1 aliphatic carbocycles. The summed E-state index contributed by atoms with van der Waals surface area (Å²) in [5.74, 6) is -1.06. The number of carboxylic acid groups (broad SMARTS) is 1. The average molecular weight is 270 g/mol. The molecule has 0 radical (unpaired) electrons. The first-order valence-corrected chi connectivity index (χ1v) is 7.24. The van der Waals surface area contributed by atoms with Crippen molar-refractivity contribution in [1.82, 2.24) is 4.98 Å². The van der Waals surface area contributed by atoms with Gasteiger partial charge in [0.05, 0.1) is 10.8 Å². The minimum Gasteiger partial charge on any atom is -0.478 e. The highest BCUT2D eigenvalue weighted by Gasteiger charge is 2.28. The number of hydrogen-bond donors (Lipinski definition) is 2. The van der Waals surface area contributed by atoms with E-state index in [0.717, 1.165) is 12.8 Å². The summed E-state index contributed by atoms with van der Waals surface area (Å²) in [6, 6.07) is 2.53. The highest BCUT2D eigenvalue weighted by atomic mass is 32.2. The van der Waals surface area contributed by atoms with E-state index in [0.29, 0.717) is 12.8 Å². The van der Waals surface area contributed by atoms with E-state index in [1.165, 1.54) is 18.3 Å². The van der Waals surface area contributed by atoms with Crippen LogP contribution in [0.3, 0.4) is 0 Å². The molecule has 0 spiro atoms. The summed E-state index contributed by atoms with van der Waals surface area (Å²) in [6.07, 6.45) is 4.39. The van der Waals surface area contributed by atoms with Gasteiger partial charge in [0, 0.05) is 6.20 Å². The zero-order valence-electron chi connectivity index (χ0n) is 9.67. The number of aromatic nitrogens is 1. The van der Waals surface area contributed by atoms with Crippen LogP contribution in [0.5, 0.6) is 0 Å². The molecular formula is C11H14N2O4S. The van der Waals surface area contributed by atoms with Crippen molar-refractivity contribution in [2.45, 2.75) is 30.9 Å². The third-order valence-electron chi connectivity index (χ3n) is 2.99. The fourth-order valence-electron chi connectivity index (χ4n) is 2.05. The van der Waals surface area contributed by atoms with Crippen LogP contribution in [-0.2, 0) is 10.0 Å². The van der Waals surface area contributed by atoms with E-state index >= 15 is 0 Å². The predicted molar refractivity (Wildman–Crippen MR) is 66.0 cm³/mol. The van der Waals surface area contributed by atoms with E-state index < -0.39 is 21.2 Å². The van der Waals surface area contributed by atoms with Crippen LogP contribution < -0.4 is 4.72 Å². The zero-order valence-corrected chi connectivity index (χ0v) is 10.5. The van der Waals surface area contributed by atoms with Crippen molar-refractivity contribution in [3.63, 3.8) is 0 Å². The Kier molecular flexibility index (Phi) is 3.51. The lowest BCUT2D eigenvalue weighted by atomic mass is 10.3. The Hall–Kier alpha value is -1.63. The molecule has 1 fully saturated rings. The molecule has 0 saturated heterocycles. The highest BCUT2D eigenvalue weighted by molar-refractivity contribution is 7.93. The number of nitrogens with one attached hydrogen (secondary N) is 1. The maximum atomic E-state index is 12.0. The first-order chi connectivity index (χ1) is 8.49. The van der Waals surface area contributed by atoms with Gasteiger partial charge in [0.1, 0.15) is 5.82 Å². The van der Waals surface area contributed by atoms with Gasteiger partial charge in [-0.2, -0.15) is 0 Å². The van der Waals surface area contributed by atoms with Crippen molar-refractivity contribution in [2.75, 3.05) is 4.72 Å². The lowest BCUT2D eigenvalue weighted by Gasteiger charge is -2.12. The number of hydrogen-bond acceptors (Lipinski definition) is 4. The number of sulfonamides is 1. The van der Waals surface area contributed by atoms with E-state index in [-0.39, 0.29) is 11.4 Å². The summed E-state index contributed by atoms with van der Waals surface area (Å²) in [6.45, 7) is 0. The van der Waals surface area contributed by atoms with Gasteiger partial charge >= 0.3 is 5.97 Å². The summed E-state index contributed by atoms with van der Waals surface area (Å²) in [5, 5.41) is 8.42. The maximum absolute atomic E-state index is 12.0. The number of carboxylic acids is 1. The minimum atomic E-state index is -3.46. The first kappa shape index (κ1) is 12.8. The van der Waals surface area contributed by atoms with Crippen LogP contribution in [0, 0.1) is 0 Å². The normalized spacial score (nSPS) is 16.7. The standard InChI is InChI=1S/C11H14N2O4S/c14-11(15)8-5-6-12-10(7-8)13-18(16,17)9-3-1-2-4-9/h5-7,9H,1-4H2,(H,12,13)(H,14,15). The molecule has 0 aliphatic heterocycles. The smallest absolute Gasteiger partial charge is 0.335 e. The van der Waals surface area contributed by atoms with Crippen molar-refractivity contribution < 1.29 is 18.3 Å². The fraction of sp³-hybridized carbons (Fsp3) is 0.455. The number of anilines is 1. The molecule has 6 nitrogen and oxygen atoms in total. The summed E-state index contributed by atoms with van der Waals surface area (Å²) >= 11 is 0. The molecule has 0 amide bonds. The molecule has 98 valence electrons. The summed E-state index contributed by atoms with van der Waals surface area (Å²) in [4.78, 5) is 14.6. The molecule has 1 aromatic heterocycles. The molecule has 1 saturated carbocycles. The Morgan fingerprint density at radius 1 is 1.39 bits per heavy atom. The number of carbonyl (C=O) groups is 1. The van der Waals surface area contributed by atoms with E-state index in [1.54, 1.807) is 0 Å². The second-order valence-electron chi connectivity index (χ2n) is 4.29. The van der Waals surface area contributed by atoms with Crippen molar-refractivity contribution in [2.24, 2.45) is 0 Å². The third kappa shape index (κ3) is 2.79. The van der Waals surface area contributed by atoms with Gasteiger partial charge in [-0.3, -0.25) is 4.72 Å². The van der Waals surface area contributed by atoms with Crippen LogP contribution in [0.25, 0.3) is 0 Å². The van der Waals surface area contributed by atoms with E-state index in [4.69, 9.17) is 5.11 Å². The van der Waals surface area contributed by atoms with Crippen LogP contribution >= 0.6 is 0 Å². The molecular weight excluding hydrogens is 256 g/mol. The molecule has 2 rings (SSSR count). The largest absolute Gasteiger partial charge is 0.478 e. The number of nitrogens with zero attached hydrogens (tertiary/aromatic N) is 1. The lowest BCUT2D eigenvalue weighted by Crippen LogP contribution is -2.25. The number of rotatable bonds is 4. The molecule has 2 N–H and O–H groups in total. The highest BCUT2D eigenvalue weighted by Crippen LogP contribution is 2.25. The Balaban J connectivity index is 2.18. The SMILES string of the molecule is O=C(O)c1ccnc(NS(=O)(=O)C2CCCC2)c1. The molecule has 0 aromatic carbocycles. The molecule has 0 unspecified atom stereocenters. The van der Waals surface area contributed by atoms with Gasteiger partial charge in [-0.15, -0.1) is 0 Å². The molecule has 0 bridgehead atoms. The quantitative estimate of drug-likeness (QED) is 0.863. The molecule has 1 aromatic rings. The Bertz CT molecular complexity index is 550. The molecule has 7 heteroatoms. The zero-order chi connectivity index (χ0) is 13.2. The van der Waals surface area contributed by atoms with E-state index in [2.05, 4.69) is 9.71 Å². The summed E-state index contributed by atoms with van der Waals surface area (Å²) in [5.41, 5.74) is 0.00845. The average Bonchev–Trinajstić information content (AvgIpc) is 2.82. The Morgan fingerprint density at radius 2 is 2.06 bits per heavy atom. The van der Waals surface area contributed by atoms with Crippen molar-refractivity contribution >= 4 is 21.8 Å². The fourth-order valence-corrected chi connectivity index (χ4v) is 3.57. The van der Waals surface area contributed by atoms with Crippen LogP contribution in [0.2, 0.25) is 0 Å². The van der Waals surface area contributed by atoms with Gasteiger partial charge in [0.25, 0.3) is 0 Å². The molecule has 1 aliphatic rings. The molecule has 0 atom stereocenters. The van der Waals surface area contributed by atoms with Crippen molar-refractivity contribution in [3.05, 3.63) is 23.9 Å².